The van der Waals surface area contributed by atoms with Crippen LogP contribution in [-0.2, 0) is 0 Å². The average molecular weight is 288 g/mol. The zero-order valence-corrected chi connectivity index (χ0v) is 11.6. The van der Waals surface area contributed by atoms with Gasteiger partial charge in [-0.05, 0) is 42.7 Å². The van der Waals surface area contributed by atoms with Crippen molar-refractivity contribution in [3.8, 4) is 0 Å². The average Bonchev–Trinajstić information content (AvgIpc) is 3.17. The molecule has 1 aliphatic rings. The fourth-order valence-corrected chi connectivity index (χ4v) is 2.62. The van der Waals surface area contributed by atoms with E-state index in [1.54, 1.807) is 18.2 Å². The van der Waals surface area contributed by atoms with Crippen LogP contribution in [0, 0.1) is 11.7 Å². The van der Waals surface area contributed by atoms with Crippen LogP contribution in [0.25, 0.3) is 0 Å². The summed E-state index contributed by atoms with van der Waals surface area (Å²) in [7, 11) is 0. The van der Waals surface area contributed by atoms with Crippen molar-refractivity contribution in [2.45, 2.75) is 6.42 Å². The molecule has 4 nitrogen and oxygen atoms in total. The molecule has 21 heavy (non-hydrogen) atoms. The van der Waals surface area contributed by atoms with Crippen LogP contribution in [0.5, 0.6) is 0 Å². The summed E-state index contributed by atoms with van der Waals surface area (Å²) >= 11 is 0. The van der Waals surface area contributed by atoms with E-state index in [4.69, 9.17) is 4.42 Å². The maximum Gasteiger partial charge on any atom is 0.254 e. The number of halogens is 1. The topological polar surface area (TPSA) is 45.5 Å². The third-order valence-corrected chi connectivity index (χ3v) is 3.81. The molecule has 0 aliphatic carbocycles. The number of carbonyl (C=O) groups excluding carboxylic acids is 1. The summed E-state index contributed by atoms with van der Waals surface area (Å²) in [4.78, 5) is 14.0. The minimum Gasteiger partial charge on any atom is -0.472 e. The van der Waals surface area contributed by atoms with Crippen LogP contribution in [0.4, 0.5) is 10.1 Å². The second-order valence-corrected chi connectivity index (χ2v) is 5.30. The minimum absolute atomic E-state index is 0.107. The summed E-state index contributed by atoms with van der Waals surface area (Å²) in [6.07, 6.45) is 3.94. The molecule has 1 atom stereocenters. The number of rotatable bonds is 4. The van der Waals surface area contributed by atoms with Crippen molar-refractivity contribution in [3.63, 3.8) is 0 Å². The number of anilines is 1. The summed E-state index contributed by atoms with van der Waals surface area (Å²) in [6, 6.07) is 8.19. The minimum atomic E-state index is -0.220. The number of benzene rings is 1. The van der Waals surface area contributed by atoms with E-state index in [9.17, 15) is 9.18 Å². The maximum absolute atomic E-state index is 12.9. The van der Waals surface area contributed by atoms with Gasteiger partial charge in [-0.3, -0.25) is 4.79 Å². The molecule has 1 fully saturated rings. The van der Waals surface area contributed by atoms with E-state index in [-0.39, 0.29) is 11.7 Å². The molecule has 1 amide bonds. The summed E-state index contributed by atoms with van der Waals surface area (Å²) in [5.74, 6) is 0.0803. The molecule has 0 saturated carbocycles. The Morgan fingerprint density at radius 1 is 1.33 bits per heavy atom. The molecule has 110 valence electrons. The molecule has 1 aliphatic heterocycles. The number of nitrogens with zero attached hydrogens (tertiary/aromatic N) is 1. The van der Waals surface area contributed by atoms with Crippen molar-refractivity contribution in [1.29, 1.82) is 0 Å². The molecule has 1 unspecified atom stereocenters. The Morgan fingerprint density at radius 3 is 2.86 bits per heavy atom. The first-order valence-electron chi connectivity index (χ1n) is 7.03. The normalized spacial score (nSPS) is 18.0. The number of hydrogen-bond acceptors (Lipinski definition) is 3. The van der Waals surface area contributed by atoms with E-state index in [0.717, 1.165) is 25.2 Å². The highest BCUT2D eigenvalue weighted by Gasteiger charge is 2.23. The lowest BCUT2D eigenvalue weighted by atomic mass is 10.1. The third kappa shape index (κ3) is 3.24. The molecule has 0 bridgehead atoms. The lowest BCUT2D eigenvalue weighted by molar-refractivity contribution is 0.0947. The van der Waals surface area contributed by atoms with Crippen LogP contribution in [-0.4, -0.2) is 25.5 Å². The third-order valence-electron chi connectivity index (χ3n) is 3.81. The molecule has 2 aromatic rings. The number of furan rings is 1. The predicted octanol–water partition coefficient (Wildman–Crippen LogP) is 2.68. The molecule has 3 rings (SSSR count). The zero-order chi connectivity index (χ0) is 14.7. The summed E-state index contributed by atoms with van der Waals surface area (Å²) in [6.45, 7) is 2.44. The number of hydrogen-bond donors (Lipinski definition) is 1. The summed E-state index contributed by atoms with van der Waals surface area (Å²) < 4.78 is 17.8. The van der Waals surface area contributed by atoms with Gasteiger partial charge in [0.25, 0.3) is 5.91 Å². The van der Waals surface area contributed by atoms with Gasteiger partial charge in [0.2, 0.25) is 0 Å². The first-order valence-corrected chi connectivity index (χ1v) is 7.03. The number of carbonyl (C=O) groups is 1. The van der Waals surface area contributed by atoms with Crippen LogP contribution in [0.3, 0.4) is 0 Å². The highest BCUT2D eigenvalue weighted by molar-refractivity contribution is 5.93. The Balaban J connectivity index is 1.51. The van der Waals surface area contributed by atoms with Gasteiger partial charge in [0, 0.05) is 25.3 Å². The SMILES string of the molecule is O=C(NCC1CCN(c2ccc(F)cc2)C1)c1ccoc1. The predicted molar refractivity (Wildman–Crippen MR) is 77.8 cm³/mol. The Bertz CT molecular complexity index is 595. The van der Waals surface area contributed by atoms with Crippen molar-refractivity contribution < 1.29 is 13.6 Å². The fourth-order valence-electron chi connectivity index (χ4n) is 2.62. The van der Waals surface area contributed by atoms with E-state index < -0.39 is 0 Å². The van der Waals surface area contributed by atoms with Crippen LogP contribution in [0.15, 0.2) is 47.3 Å². The first kappa shape index (κ1) is 13.7. The van der Waals surface area contributed by atoms with Crippen LogP contribution >= 0.6 is 0 Å². The molecule has 1 aromatic heterocycles. The molecule has 1 N–H and O–H groups in total. The van der Waals surface area contributed by atoms with E-state index in [0.29, 0.717) is 18.0 Å². The summed E-state index contributed by atoms with van der Waals surface area (Å²) in [5.41, 5.74) is 1.57. The molecular weight excluding hydrogens is 271 g/mol. The van der Waals surface area contributed by atoms with Crippen molar-refractivity contribution in [2.75, 3.05) is 24.5 Å². The highest BCUT2D eigenvalue weighted by atomic mass is 19.1. The lowest BCUT2D eigenvalue weighted by Gasteiger charge is -2.18. The van der Waals surface area contributed by atoms with Crippen LogP contribution in [0.1, 0.15) is 16.8 Å². The molecule has 0 spiro atoms. The van der Waals surface area contributed by atoms with Gasteiger partial charge < -0.3 is 14.6 Å². The second-order valence-electron chi connectivity index (χ2n) is 5.30. The monoisotopic (exact) mass is 288 g/mol. The quantitative estimate of drug-likeness (QED) is 0.941. The molecule has 0 radical (unpaired) electrons. The van der Waals surface area contributed by atoms with Gasteiger partial charge in [0.15, 0.2) is 0 Å². The maximum atomic E-state index is 12.9. The lowest BCUT2D eigenvalue weighted by Crippen LogP contribution is -2.30. The molecular formula is C16H17FN2O2. The first-order chi connectivity index (χ1) is 10.2. The molecule has 1 saturated heterocycles. The van der Waals surface area contributed by atoms with Gasteiger partial charge in [-0.25, -0.2) is 4.39 Å². The fraction of sp³-hybridized carbons (Fsp3) is 0.312. The van der Waals surface area contributed by atoms with Gasteiger partial charge in [-0.1, -0.05) is 0 Å². The number of nitrogens with one attached hydrogen (secondary N) is 1. The van der Waals surface area contributed by atoms with Crippen LogP contribution < -0.4 is 10.2 Å². The van der Waals surface area contributed by atoms with E-state index in [1.807, 2.05) is 0 Å². The van der Waals surface area contributed by atoms with Gasteiger partial charge >= 0.3 is 0 Å². The van der Waals surface area contributed by atoms with Gasteiger partial charge in [-0.2, -0.15) is 0 Å². The van der Waals surface area contributed by atoms with Gasteiger partial charge in [0.05, 0.1) is 11.8 Å². The van der Waals surface area contributed by atoms with E-state index in [1.165, 1.54) is 24.7 Å². The van der Waals surface area contributed by atoms with E-state index in [2.05, 4.69) is 10.2 Å². The van der Waals surface area contributed by atoms with Gasteiger partial charge in [-0.15, -0.1) is 0 Å². The second kappa shape index (κ2) is 5.99. The Labute approximate surface area is 122 Å². The molecule has 1 aromatic carbocycles. The standard InChI is InChI=1S/C16H17FN2O2/c17-14-1-3-15(4-2-14)19-7-5-12(10-19)9-18-16(20)13-6-8-21-11-13/h1-4,6,8,11-12H,5,7,9-10H2,(H,18,20). The van der Waals surface area contributed by atoms with Crippen molar-refractivity contribution in [1.82, 2.24) is 5.32 Å². The van der Waals surface area contributed by atoms with E-state index >= 15 is 0 Å². The smallest absolute Gasteiger partial charge is 0.254 e. The Hall–Kier alpha value is -2.30. The van der Waals surface area contributed by atoms with Gasteiger partial charge in [0.1, 0.15) is 12.1 Å². The largest absolute Gasteiger partial charge is 0.472 e. The Kier molecular flexibility index (Phi) is 3.90. The van der Waals surface area contributed by atoms with Crippen LogP contribution in [0.2, 0.25) is 0 Å². The summed E-state index contributed by atoms with van der Waals surface area (Å²) in [5, 5.41) is 2.92. The van der Waals surface area contributed by atoms with Crippen molar-refractivity contribution in [2.24, 2.45) is 5.92 Å². The molecule has 2 heterocycles. The number of amides is 1. The Morgan fingerprint density at radius 2 is 2.14 bits per heavy atom. The zero-order valence-electron chi connectivity index (χ0n) is 11.6. The van der Waals surface area contributed by atoms with Crippen molar-refractivity contribution in [3.05, 3.63) is 54.2 Å². The molecule has 5 heteroatoms. The highest BCUT2D eigenvalue weighted by Crippen LogP contribution is 2.23. The van der Waals surface area contributed by atoms with Crippen molar-refractivity contribution >= 4 is 11.6 Å².